The van der Waals surface area contributed by atoms with Crippen molar-refractivity contribution >= 4 is 61.6 Å². The van der Waals surface area contributed by atoms with Crippen LogP contribution in [-0.2, 0) is 16.4 Å². The Labute approximate surface area is 77.0 Å². The van der Waals surface area contributed by atoms with E-state index in [1.807, 2.05) is 0 Å². The topological polar surface area (TPSA) is 85.5 Å². The molecule has 0 aliphatic heterocycles. The summed E-state index contributed by atoms with van der Waals surface area (Å²) in [7, 11) is 0. The summed E-state index contributed by atoms with van der Waals surface area (Å²) in [5.74, 6) is 0. The minimum Gasteiger partial charge on any atom is -2.00 e. The number of hydrogen-bond donors (Lipinski definition) is 0. The second kappa shape index (κ2) is 38.5. The summed E-state index contributed by atoms with van der Waals surface area (Å²) in [4.78, 5) is 0. The van der Waals surface area contributed by atoms with Gasteiger partial charge in [0.2, 0.25) is 0 Å². The SMILES string of the molecule is [Ca+2].[O-2].[O-2].[O-2].[Sn+4]. The van der Waals surface area contributed by atoms with Crippen molar-refractivity contribution < 1.29 is 16.4 Å². The first-order valence-corrected chi connectivity index (χ1v) is 0. The Balaban J connectivity index is 0. The Morgan fingerprint density at radius 3 is 0.600 bits per heavy atom. The van der Waals surface area contributed by atoms with E-state index in [-0.39, 0.29) is 78.1 Å². The molecule has 0 radical (unpaired) electrons. The van der Waals surface area contributed by atoms with Gasteiger partial charge in [0.05, 0.1) is 0 Å². The summed E-state index contributed by atoms with van der Waals surface area (Å²) in [5.41, 5.74) is 0. The molecule has 0 spiro atoms. The normalized spacial score (nSPS) is 0. The summed E-state index contributed by atoms with van der Waals surface area (Å²) >= 11 is 0. The molecule has 0 heterocycles. The van der Waals surface area contributed by atoms with Crippen LogP contribution in [0.4, 0.5) is 0 Å². The van der Waals surface area contributed by atoms with E-state index < -0.39 is 0 Å². The molecule has 3 nitrogen and oxygen atoms in total. The smallest absolute Gasteiger partial charge is 2.00 e. The van der Waals surface area contributed by atoms with Crippen molar-refractivity contribution in [1.29, 1.82) is 0 Å². The van der Waals surface area contributed by atoms with Crippen molar-refractivity contribution in [2.75, 3.05) is 0 Å². The van der Waals surface area contributed by atoms with Gasteiger partial charge in [-0.3, -0.25) is 0 Å². The van der Waals surface area contributed by atoms with Crippen molar-refractivity contribution in [3.05, 3.63) is 0 Å². The van der Waals surface area contributed by atoms with Crippen LogP contribution < -0.4 is 0 Å². The maximum absolute atomic E-state index is 0. The van der Waals surface area contributed by atoms with Gasteiger partial charge in [0, 0.05) is 0 Å². The molecule has 24 valence electrons. The molecule has 0 fully saturated rings. The summed E-state index contributed by atoms with van der Waals surface area (Å²) in [6.07, 6.45) is 0. The molecule has 0 atom stereocenters. The van der Waals surface area contributed by atoms with Gasteiger partial charge in [-0.1, -0.05) is 0 Å². The monoisotopic (exact) mass is 208 g/mol. The standard InChI is InChI=1S/Ca.3O.Sn/q+2;3*-2;+4. The predicted molar refractivity (Wildman–Crippen MR) is 13.6 cm³/mol. The Kier molecular flexibility index (Phi) is 502. The van der Waals surface area contributed by atoms with Crippen LogP contribution >= 0.6 is 0 Å². The minimum atomic E-state index is 0. The fourth-order valence-corrected chi connectivity index (χ4v) is 0. The molecule has 0 saturated heterocycles. The molecule has 0 aromatic heterocycles. The van der Waals surface area contributed by atoms with Crippen LogP contribution in [0.5, 0.6) is 0 Å². The molecular weight excluding hydrogens is 207 g/mol. The number of rotatable bonds is 0. The molecule has 5 heteroatoms. The van der Waals surface area contributed by atoms with E-state index in [4.69, 9.17) is 0 Å². The van der Waals surface area contributed by atoms with E-state index >= 15 is 0 Å². The molecule has 0 aromatic carbocycles. The van der Waals surface area contributed by atoms with Gasteiger partial charge in [-0.25, -0.2) is 0 Å². The third-order valence-corrected chi connectivity index (χ3v) is 0. The Morgan fingerprint density at radius 1 is 0.600 bits per heavy atom. The first-order chi connectivity index (χ1) is 0. The summed E-state index contributed by atoms with van der Waals surface area (Å²) < 4.78 is 0. The van der Waals surface area contributed by atoms with Crippen LogP contribution in [-0.4, -0.2) is 61.6 Å². The number of hydrogen-bond acceptors (Lipinski definition) is 0. The summed E-state index contributed by atoms with van der Waals surface area (Å²) in [6.45, 7) is 0. The Morgan fingerprint density at radius 2 is 0.600 bits per heavy atom. The second-order valence-electron chi connectivity index (χ2n) is 0. The van der Waals surface area contributed by atoms with Gasteiger partial charge in [0.1, 0.15) is 0 Å². The zero-order chi connectivity index (χ0) is 0. The van der Waals surface area contributed by atoms with E-state index in [2.05, 4.69) is 0 Å². The van der Waals surface area contributed by atoms with E-state index in [0.717, 1.165) is 0 Å². The van der Waals surface area contributed by atoms with Gasteiger partial charge in [0.15, 0.2) is 0 Å². The van der Waals surface area contributed by atoms with Gasteiger partial charge in [-0.2, -0.15) is 0 Å². The van der Waals surface area contributed by atoms with Gasteiger partial charge in [-0.05, 0) is 0 Å². The van der Waals surface area contributed by atoms with Gasteiger partial charge in [0.25, 0.3) is 0 Å². The Hall–Kier alpha value is 1.94. The molecular formula is CaO3Sn. The summed E-state index contributed by atoms with van der Waals surface area (Å²) in [5, 5.41) is 0. The van der Waals surface area contributed by atoms with Gasteiger partial charge >= 0.3 is 61.6 Å². The molecule has 0 unspecified atom stereocenters. The van der Waals surface area contributed by atoms with E-state index in [1.54, 1.807) is 0 Å². The van der Waals surface area contributed by atoms with Crippen LogP contribution in [0.1, 0.15) is 0 Å². The quantitative estimate of drug-likeness (QED) is 0.450. The van der Waals surface area contributed by atoms with E-state index in [0.29, 0.717) is 0 Å². The van der Waals surface area contributed by atoms with Gasteiger partial charge in [-0.15, -0.1) is 0 Å². The van der Waals surface area contributed by atoms with Crippen LogP contribution in [0.2, 0.25) is 0 Å². The van der Waals surface area contributed by atoms with Crippen molar-refractivity contribution in [2.45, 2.75) is 0 Å². The van der Waals surface area contributed by atoms with E-state index in [1.165, 1.54) is 0 Å². The largest absolute Gasteiger partial charge is 4.00 e. The predicted octanol–water partition coefficient (Wildman–Crippen LogP) is -1.12. The molecule has 5 heavy (non-hydrogen) atoms. The fourth-order valence-electron chi connectivity index (χ4n) is 0. The molecule has 0 saturated carbocycles. The average Bonchev–Trinajstić information content (AvgIpc) is 0. The molecule has 0 bridgehead atoms. The van der Waals surface area contributed by atoms with Crippen LogP contribution in [0.3, 0.4) is 0 Å². The van der Waals surface area contributed by atoms with Crippen molar-refractivity contribution in [1.82, 2.24) is 0 Å². The third-order valence-electron chi connectivity index (χ3n) is 0. The zero-order valence-electron chi connectivity index (χ0n) is 2.43. The molecule has 0 amide bonds. The molecule has 0 aliphatic carbocycles. The molecule has 0 N–H and O–H groups in total. The molecule has 0 rings (SSSR count). The van der Waals surface area contributed by atoms with Crippen molar-refractivity contribution in [3.63, 3.8) is 0 Å². The summed E-state index contributed by atoms with van der Waals surface area (Å²) in [6, 6.07) is 0. The molecule has 0 aromatic rings. The maximum Gasteiger partial charge on any atom is 4.00 e. The molecule has 0 aliphatic rings. The van der Waals surface area contributed by atoms with E-state index in [9.17, 15) is 0 Å². The van der Waals surface area contributed by atoms with Crippen LogP contribution in [0.25, 0.3) is 0 Å². The maximum atomic E-state index is 0. The third kappa shape index (κ3) is 24.5. The van der Waals surface area contributed by atoms with Crippen molar-refractivity contribution in [2.24, 2.45) is 0 Å². The zero-order valence-corrected chi connectivity index (χ0v) is 7.49. The van der Waals surface area contributed by atoms with Crippen LogP contribution in [0.15, 0.2) is 0 Å². The minimum absolute atomic E-state index is 0. The van der Waals surface area contributed by atoms with Gasteiger partial charge < -0.3 is 16.4 Å². The fraction of sp³-hybridized carbons (Fsp3) is 0. The van der Waals surface area contributed by atoms with Crippen molar-refractivity contribution in [3.8, 4) is 0 Å². The van der Waals surface area contributed by atoms with Crippen LogP contribution in [0, 0.1) is 0 Å². The average molecular weight is 207 g/mol. The first kappa shape index (κ1) is 65.1. The first-order valence-electron chi connectivity index (χ1n) is 0. The Bertz CT molecular complexity index is 6.85. The second-order valence-corrected chi connectivity index (χ2v) is 0.